The minimum absolute atomic E-state index is 0. The molecule has 1 saturated carbocycles. The number of fused-ring (bicyclic) bond motifs is 2. The number of halogens is 1. The summed E-state index contributed by atoms with van der Waals surface area (Å²) in [5.41, 5.74) is 5.21. The molecule has 1 fully saturated rings. The van der Waals surface area contributed by atoms with Crippen molar-refractivity contribution in [3.05, 3.63) is 12.2 Å². The lowest BCUT2D eigenvalue weighted by Crippen LogP contribution is -2.26. The van der Waals surface area contributed by atoms with E-state index in [-0.39, 0.29) is 24.2 Å². The SMILES string of the molecule is Cl.NC(=O)C1CC2C=CC1C2. The van der Waals surface area contributed by atoms with Crippen LogP contribution in [0.5, 0.6) is 0 Å². The lowest BCUT2D eigenvalue weighted by atomic mass is 9.93. The number of amides is 1. The Labute approximate surface area is 72.2 Å². The summed E-state index contributed by atoms with van der Waals surface area (Å²) in [6, 6.07) is 0. The molecule has 3 atom stereocenters. The Morgan fingerprint density at radius 2 is 2.09 bits per heavy atom. The molecule has 0 aromatic carbocycles. The molecule has 3 unspecified atom stereocenters. The fraction of sp³-hybridized carbons (Fsp3) is 0.625. The average molecular weight is 174 g/mol. The van der Waals surface area contributed by atoms with E-state index in [0.717, 1.165) is 12.8 Å². The first-order valence-corrected chi connectivity index (χ1v) is 3.75. The standard InChI is InChI=1S/C8H11NO.ClH/c9-8(10)7-4-5-1-2-6(7)3-5;/h1-2,5-7H,3-4H2,(H2,9,10);1H. The summed E-state index contributed by atoms with van der Waals surface area (Å²) in [7, 11) is 0. The third kappa shape index (κ3) is 1.27. The highest BCUT2D eigenvalue weighted by molar-refractivity contribution is 5.85. The smallest absolute Gasteiger partial charge is 0.221 e. The number of allylic oxidation sites excluding steroid dienone is 2. The maximum absolute atomic E-state index is 10.8. The van der Waals surface area contributed by atoms with E-state index < -0.39 is 0 Å². The number of hydrogen-bond donors (Lipinski definition) is 1. The summed E-state index contributed by atoms with van der Waals surface area (Å²) < 4.78 is 0. The normalized spacial score (nSPS) is 38.7. The predicted octanol–water partition coefficient (Wildman–Crippen LogP) is 1.11. The Morgan fingerprint density at radius 3 is 2.36 bits per heavy atom. The monoisotopic (exact) mass is 173 g/mol. The van der Waals surface area contributed by atoms with Gasteiger partial charge in [0.15, 0.2) is 0 Å². The molecule has 62 valence electrons. The molecule has 2 bridgehead atoms. The van der Waals surface area contributed by atoms with Crippen LogP contribution in [0.3, 0.4) is 0 Å². The molecular weight excluding hydrogens is 162 g/mol. The number of primary amides is 1. The van der Waals surface area contributed by atoms with E-state index in [9.17, 15) is 4.79 Å². The zero-order chi connectivity index (χ0) is 7.14. The number of carbonyl (C=O) groups excluding carboxylic acids is 1. The van der Waals surface area contributed by atoms with Gasteiger partial charge >= 0.3 is 0 Å². The van der Waals surface area contributed by atoms with Crippen LogP contribution in [0.1, 0.15) is 12.8 Å². The van der Waals surface area contributed by atoms with E-state index in [0.29, 0.717) is 11.8 Å². The second-order valence-corrected chi connectivity index (χ2v) is 3.29. The van der Waals surface area contributed by atoms with Crippen molar-refractivity contribution >= 4 is 18.3 Å². The molecule has 1 amide bonds. The van der Waals surface area contributed by atoms with Crippen LogP contribution in [-0.4, -0.2) is 5.91 Å². The minimum Gasteiger partial charge on any atom is -0.369 e. The van der Waals surface area contributed by atoms with Gasteiger partial charge in [-0.2, -0.15) is 0 Å². The van der Waals surface area contributed by atoms with E-state index in [1.54, 1.807) is 0 Å². The van der Waals surface area contributed by atoms with Gasteiger partial charge in [0, 0.05) is 5.92 Å². The van der Waals surface area contributed by atoms with Crippen LogP contribution >= 0.6 is 12.4 Å². The molecule has 2 N–H and O–H groups in total. The summed E-state index contributed by atoms with van der Waals surface area (Å²) in [5.74, 6) is 1.16. The van der Waals surface area contributed by atoms with Gasteiger partial charge in [-0.15, -0.1) is 12.4 Å². The first-order chi connectivity index (χ1) is 4.77. The summed E-state index contributed by atoms with van der Waals surface area (Å²) in [6.07, 6.45) is 6.51. The Balaban J connectivity index is 0.000000605. The molecule has 0 spiro atoms. The number of rotatable bonds is 1. The second kappa shape index (κ2) is 2.86. The maximum atomic E-state index is 10.8. The number of nitrogens with two attached hydrogens (primary N) is 1. The van der Waals surface area contributed by atoms with Gasteiger partial charge in [0.1, 0.15) is 0 Å². The molecule has 2 aliphatic carbocycles. The number of hydrogen-bond acceptors (Lipinski definition) is 1. The summed E-state index contributed by atoms with van der Waals surface area (Å²) >= 11 is 0. The molecule has 0 aromatic heterocycles. The van der Waals surface area contributed by atoms with Crippen LogP contribution in [-0.2, 0) is 4.79 Å². The lowest BCUT2D eigenvalue weighted by molar-refractivity contribution is -0.122. The summed E-state index contributed by atoms with van der Waals surface area (Å²) in [5, 5.41) is 0. The fourth-order valence-corrected chi connectivity index (χ4v) is 2.11. The van der Waals surface area contributed by atoms with Gasteiger partial charge in [-0.1, -0.05) is 12.2 Å². The Hall–Kier alpha value is -0.500. The van der Waals surface area contributed by atoms with Crippen LogP contribution in [0.15, 0.2) is 12.2 Å². The summed E-state index contributed by atoms with van der Waals surface area (Å²) in [4.78, 5) is 10.8. The first-order valence-electron chi connectivity index (χ1n) is 3.75. The Kier molecular flexibility index (Phi) is 2.23. The molecule has 11 heavy (non-hydrogen) atoms. The van der Waals surface area contributed by atoms with Crippen LogP contribution in [0.25, 0.3) is 0 Å². The Morgan fingerprint density at radius 1 is 1.36 bits per heavy atom. The molecule has 0 aromatic rings. The minimum atomic E-state index is -0.114. The van der Waals surface area contributed by atoms with Crippen molar-refractivity contribution in [1.82, 2.24) is 0 Å². The lowest BCUT2D eigenvalue weighted by Gasteiger charge is -2.12. The van der Waals surface area contributed by atoms with Crippen molar-refractivity contribution in [2.45, 2.75) is 12.8 Å². The molecule has 0 saturated heterocycles. The van der Waals surface area contributed by atoms with Gasteiger partial charge < -0.3 is 5.73 Å². The zero-order valence-corrected chi connectivity index (χ0v) is 7.01. The highest BCUT2D eigenvalue weighted by Crippen LogP contribution is 2.42. The third-order valence-corrected chi connectivity index (χ3v) is 2.64. The van der Waals surface area contributed by atoms with Crippen molar-refractivity contribution in [1.29, 1.82) is 0 Å². The van der Waals surface area contributed by atoms with Crippen molar-refractivity contribution in [2.75, 3.05) is 0 Å². The molecule has 2 rings (SSSR count). The van der Waals surface area contributed by atoms with Crippen LogP contribution in [0.2, 0.25) is 0 Å². The van der Waals surface area contributed by atoms with Crippen LogP contribution in [0, 0.1) is 17.8 Å². The fourth-order valence-electron chi connectivity index (χ4n) is 2.11. The maximum Gasteiger partial charge on any atom is 0.221 e. The molecule has 0 heterocycles. The largest absolute Gasteiger partial charge is 0.369 e. The van der Waals surface area contributed by atoms with E-state index in [2.05, 4.69) is 12.2 Å². The van der Waals surface area contributed by atoms with Gasteiger partial charge in [-0.05, 0) is 24.7 Å². The summed E-state index contributed by atoms with van der Waals surface area (Å²) in [6.45, 7) is 0. The van der Waals surface area contributed by atoms with Crippen LogP contribution < -0.4 is 5.73 Å². The Bertz CT molecular complexity index is 202. The van der Waals surface area contributed by atoms with Crippen LogP contribution in [0.4, 0.5) is 0 Å². The molecule has 2 nitrogen and oxygen atoms in total. The van der Waals surface area contributed by atoms with Gasteiger partial charge in [0.25, 0.3) is 0 Å². The van der Waals surface area contributed by atoms with E-state index in [1.165, 1.54) is 0 Å². The van der Waals surface area contributed by atoms with E-state index in [4.69, 9.17) is 5.73 Å². The first kappa shape index (κ1) is 8.60. The second-order valence-electron chi connectivity index (χ2n) is 3.29. The molecule has 3 heteroatoms. The molecular formula is C8H12ClNO. The van der Waals surface area contributed by atoms with Gasteiger partial charge in [0.2, 0.25) is 5.91 Å². The highest BCUT2D eigenvalue weighted by Gasteiger charge is 2.38. The van der Waals surface area contributed by atoms with E-state index >= 15 is 0 Å². The zero-order valence-electron chi connectivity index (χ0n) is 6.19. The van der Waals surface area contributed by atoms with Crippen molar-refractivity contribution in [3.8, 4) is 0 Å². The molecule has 0 radical (unpaired) electrons. The van der Waals surface area contributed by atoms with Crippen molar-refractivity contribution < 1.29 is 4.79 Å². The molecule has 0 aliphatic heterocycles. The quantitative estimate of drug-likeness (QED) is 0.593. The predicted molar refractivity (Wildman–Crippen MR) is 45.3 cm³/mol. The average Bonchev–Trinajstić information content (AvgIpc) is 2.44. The van der Waals surface area contributed by atoms with Crippen molar-refractivity contribution in [2.24, 2.45) is 23.5 Å². The van der Waals surface area contributed by atoms with Gasteiger partial charge in [-0.3, -0.25) is 4.79 Å². The number of carbonyl (C=O) groups is 1. The van der Waals surface area contributed by atoms with Crippen molar-refractivity contribution in [3.63, 3.8) is 0 Å². The highest BCUT2D eigenvalue weighted by atomic mass is 35.5. The molecule has 2 aliphatic rings. The van der Waals surface area contributed by atoms with Gasteiger partial charge in [0.05, 0.1) is 0 Å². The van der Waals surface area contributed by atoms with Gasteiger partial charge in [-0.25, -0.2) is 0 Å². The third-order valence-electron chi connectivity index (χ3n) is 2.64. The topological polar surface area (TPSA) is 43.1 Å². The van der Waals surface area contributed by atoms with E-state index in [1.807, 2.05) is 0 Å².